The number of hydrogen-bond acceptors (Lipinski definition) is 5. The molecule has 2 aromatic heterocycles. The molecule has 1 amide bonds. The summed E-state index contributed by atoms with van der Waals surface area (Å²) in [6, 6.07) is 11.8. The number of amides is 1. The van der Waals surface area contributed by atoms with Crippen LogP contribution in [0, 0.1) is 6.92 Å². The highest BCUT2D eigenvalue weighted by Crippen LogP contribution is 2.36. The molecule has 0 saturated carbocycles. The number of thiophene rings is 1. The molecular formula is C21H19ClN2O4S. The number of hydrogen-bond donors (Lipinski definition) is 1. The summed E-state index contributed by atoms with van der Waals surface area (Å²) in [5.41, 5.74) is 2.12. The first-order chi connectivity index (χ1) is 13.9. The largest absolute Gasteiger partial charge is 0.462 e. The van der Waals surface area contributed by atoms with E-state index in [-0.39, 0.29) is 24.3 Å². The van der Waals surface area contributed by atoms with Crippen LogP contribution in [0.3, 0.4) is 0 Å². The molecule has 0 unspecified atom stereocenters. The number of nitrogens with zero attached hydrogens (tertiary/aromatic N) is 1. The molecule has 1 N–H and O–H groups in total. The molecule has 0 atom stereocenters. The van der Waals surface area contributed by atoms with Gasteiger partial charge in [-0.2, -0.15) is 0 Å². The maximum absolute atomic E-state index is 12.6. The number of carbonyl (C=O) groups excluding carboxylic acids is 2. The normalized spacial score (nSPS) is 10.6. The van der Waals surface area contributed by atoms with Crippen molar-refractivity contribution in [2.24, 2.45) is 0 Å². The summed E-state index contributed by atoms with van der Waals surface area (Å²) in [6.45, 7) is 3.53. The van der Waals surface area contributed by atoms with Crippen LogP contribution in [0.15, 0.2) is 52.6 Å². The predicted molar refractivity (Wildman–Crippen MR) is 115 cm³/mol. The second-order valence-electron chi connectivity index (χ2n) is 6.22. The van der Waals surface area contributed by atoms with Crippen molar-refractivity contribution in [2.75, 3.05) is 11.9 Å². The van der Waals surface area contributed by atoms with Gasteiger partial charge < -0.3 is 14.6 Å². The zero-order chi connectivity index (χ0) is 21.0. The summed E-state index contributed by atoms with van der Waals surface area (Å²) in [5, 5.41) is 5.49. The van der Waals surface area contributed by atoms with E-state index in [9.17, 15) is 14.4 Å². The van der Waals surface area contributed by atoms with Gasteiger partial charge in [-0.1, -0.05) is 29.8 Å². The van der Waals surface area contributed by atoms with Crippen molar-refractivity contribution >= 4 is 39.8 Å². The van der Waals surface area contributed by atoms with E-state index in [4.69, 9.17) is 16.3 Å². The van der Waals surface area contributed by atoms with Crippen molar-refractivity contribution in [3.05, 3.63) is 74.5 Å². The molecule has 8 heteroatoms. The van der Waals surface area contributed by atoms with Crippen molar-refractivity contribution in [1.29, 1.82) is 0 Å². The minimum Gasteiger partial charge on any atom is -0.462 e. The van der Waals surface area contributed by atoms with Gasteiger partial charge in [-0.3, -0.25) is 9.59 Å². The van der Waals surface area contributed by atoms with E-state index in [1.54, 1.807) is 55.6 Å². The number of esters is 1. The summed E-state index contributed by atoms with van der Waals surface area (Å²) >= 11 is 7.18. The minimum absolute atomic E-state index is 0.151. The van der Waals surface area contributed by atoms with Gasteiger partial charge in [0.05, 0.1) is 6.61 Å². The zero-order valence-electron chi connectivity index (χ0n) is 15.9. The second-order valence-corrected chi connectivity index (χ2v) is 7.54. The Bertz CT molecular complexity index is 1100. The molecule has 1 aromatic carbocycles. The summed E-state index contributed by atoms with van der Waals surface area (Å²) in [6.07, 6.45) is 0. The molecule has 0 radical (unpaired) electrons. The smallest absolute Gasteiger partial charge is 0.341 e. The lowest BCUT2D eigenvalue weighted by atomic mass is 10.0. The maximum atomic E-state index is 12.6. The lowest BCUT2D eigenvalue weighted by Gasteiger charge is -2.11. The standard InChI is InChI=1S/C21H19ClN2O4S/c1-3-28-21(27)19-16(14-7-9-15(22)10-8-14)12-29-20(19)23-17(25)11-24-13(2)5-4-6-18(24)26/h4-10,12H,3,11H2,1-2H3,(H,23,25). The molecule has 3 rings (SSSR count). The third-order valence-electron chi connectivity index (χ3n) is 4.25. The van der Waals surface area contributed by atoms with Gasteiger partial charge in [-0.15, -0.1) is 11.3 Å². The Balaban J connectivity index is 1.92. The first-order valence-corrected chi connectivity index (χ1v) is 10.2. The Kier molecular flexibility index (Phi) is 6.51. The van der Waals surface area contributed by atoms with Crippen LogP contribution in [-0.4, -0.2) is 23.1 Å². The Morgan fingerprint density at radius 3 is 2.55 bits per heavy atom. The molecule has 0 aliphatic carbocycles. The molecule has 29 heavy (non-hydrogen) atoms. The van der Waals surface area contributed by atoms with Crippen LogP contribution >= 0.6 is 22.9 Å². The molecule has 0 aliphatic heterocycles. The highest BCUT2D eigenvalue weighted by atomic mass is 35.5. The van der Waals surface area contributed by atoms with Gasteiger partial charge in [0.25, 0.3) is 5.56 Å². The van der Waals surface area contributed by atoms with Crippen LogP contribution in [0.5, 0.6) is 0 Å². The Labute approximate surface area is 176 Å². The molecule has 6 nitrogen and oxygen atoms in total. The van der Waals surface area contributed by atoms with E-state index in [1.807, 2.05) is 0 Å². The van der Waals surface area contributed by atoms with E-state index >= 15 is 0 Å². The Morgan fingerprint density at radius 1 is 1.17 bits per heavy atom. The van der Waals surface area contributed by atoms with Crippen molar-refractivity contribution < 1.29 is 14.3 Å². The van der Waals surface area contributed by atoms with Crippen LogP contribution in [0.2, 0.25) is 5.02 Å². The second kappa shape index (κ2) is 9.07. The molecule has 0 fully saturated rings. The van der Waals surface area contributed by atoms with E-state index < -0.39 is 11.9 Å². The van der Waals surface area contributed by atoms with E-state index in [1.165, 1.54) is 22.0 Å². The van der Waals surface area contributed by atoms with Crippen molar-refractivity contribution in [2.45, 2.75) is 20.4 Å². The summed E-state index contributed by atoms with van der Waals surface area (Å²) in [4.78, 5) is 37.2. The Morgan fingerprint density at radius 2 is 1.90 bits per heavy atom. The summed E-state index contributed by atoms with van der Waals surface area (Å²) in [7, 11) is 0. The quantitative estimate of drug-likeness (QED) is 0.589. The molecule has 0 spiro atoms. The lowest BCUT2D eigenvalue weighted by Crippen LogP contribution is -2.28. The fraction of sp³-hybridized carbons (Fsp3) is 0.190. The number of nitrogens with one attached hydrogen (secondary N) is 1. The number of carbonyl (C=O) groups is 2. The monoisotopic (exact) mass is 430 g/mol. The van der Waals surface area contributed by atoms with Crippen LogP contribution in [0.4, 0.5) is 5.00 Å². The maximum Gasteiger partial charge on any atom is 0.341 e. The third-order valence-corrected chi connectivity index (χ3v) is 5.40. The predicted octanol–water partition coefficient (Wildman–Crippen LogP) is 4.35. The van der Waals surface area contributed by atoms with E-state index in [0.717, 1.165) is 5.56 Å². The van der Waals surface area contributed by atoms with Crippen molar-refractivity contribution in [3.63, 3.8) is 0 Å². The van der Waals surface area contributed by atoms with Crippen molar-refractivity contribution in [1.82, 2.24) is 4.57 Å². The topological polar surface area (TPSA) is 77.4 Å². The SMILES string of the molecule is CCOC(=O)c1c(-c2ccc(Cl)cc2)csc1NC(=O)Cn1c(C)cccc1=O. The van der Waals surface area contributed by atoms with Gasteiger partial charge >= 0.3 is 5.97 Å². The number of benzene rings is 1. The third kappa shape index (κ3) is 4.75. The molecule has 2 heterocycles. The first kappa shape index (κ1) is 20.8. The molecule has 150 valence electrons. The molecule has 0 bridgehead atoms. The Hall–Kier alpha value is -2.90. The fourth-order valence-corrected chi connectivity index (χ4v) is 3.93. The average Bonchev–Trinajstić information content (AvgIpc) is 3.09. The van der Waals surface area contributed by atoms with E-state index in [2.05, 4.69) is 5.32 Å². The summed E-state index contributed by atoms with van der Waals surface area (Å²) < 4.78 is 6.55. The molecule has 0 aliphatic rings. The van der Waals surface area contributed by atoms with Crippen LogP contribution < -0.4 is 10.9 Å². The van der Waals surface area contributed by atoms with Crippen molar-refractivity contribution in [3.8, 4) is 11.1 Å². The minimum atomic E-state index is -0.526. The highest BCUT2D eigenvalue weighted by Gasteiger charge is 2.23. The van der Waals surface area contributed by atoms with Gasteiger partial charge in [-0.25, -0.2) is 4.79 Å². The number of aromatic nitrogens is 1. The molecule has 3 aromatic rings. The lowest BCUT2D eigenvalue weighted by molar-refractivity contribution is -0.116. The van der Waals surface area contributed by atoms with Gasteiger partial charge in [0.1, 0.15) is 17.1 Å². The number of pyridine rings is 1. The number of halogens is 1. The van der Waals surface area contributed by atoms with Gasteiger partial charge in [0.2, 0.25) is 5.91 Å². The molecular weight excluding hydrogens is 412 g/mol. The number of anilines is 1. The first-order valence-electron chi connectivity index (χ1n) is 8.91. The fourth-order valence-electron chi connectivity index (χ4n) is 2.83. The van der Waals surface area contributed by atoms with E-state index in [0.29, 0.717) is 21.3 Å². The number of aryl methyl sites for hydroxylation is 1. The van der Waals surface area contributed by atoms with Crippen LogP contribution in [0.1, 0.15) is 23.0 Å². The van der Waals surface area contributed by atoms with Gasteiger partial charge in [0, 0.05) is 27.7 Å². The van der Waals surface area contributed by atoms with Crippen LogP contribution in [0.25, 0.3) is 11.1 Å². The van der Waals surface area contributed by atoms with Gasteiger partial charge in [0.15, 0.2) is 0 Å². The average molecular weight is 431 g/mol. The number of rotatable bonds is 6. The number of ether oxygens (including phenoxy) is 1. The zero-order valence-corrected chi connectivity index (χ0v) is 17.5. The van der Waals surface area contributed by atoms with Crippen LogP contribution in [-0.2, 0) is 16.1 Å². The summed E-state index contributed by atoms with van der Waals surface area (Å²) in [5.74, 6) is -0.932. The van der Waals surface area contributed by atoms with Gasteiger partial charge in [-0.05, 0) is 37.6 Å². The molecule has 0 saturated heterocycles. The highest BCUT2D eigenvalue weighted by molar-refractivity contribution is 7.15.